The molecule has 18 heteroatoms. The number of carboxylic acid groups (broad SMARTS) is 3. The number of esters is 1. The zero-order valence-electron chi connectivity index (χ0n) is 35.3. The number of hydrogen-bond acceptors (Lipinski definition) is 10. The molecule has 340 valence electrons. The van der Waals surface area contributed by atoms with Crippen molar-refractivity contribution < 1.29 is 80.5 Å². The van der Waals surface area contributed by atoms with Gasteiger partial charge in [-0.05, 0) is 69.4 Å². The van der Waals surface area contributed by atoms with E-state index in [0.29, 0.717) is 77.6 Å². The van der Waals surface area contributed by atoms with Crippen LogP contribution in [0.15, 0.2) is 53.4 Å². The van der Waals surface area contributed by atoms with E-state index in [1.165, 1.54) is 26.2 Å². The number of ketones is 1. The molecule has 1 saturated carbocycles. The molecule has 6 rings (SSSR count). The number of fused-ring (bicyclic) bond motifs is 5. The Balaban J connectivity index is 0.000000721. The summed E-state index contributed by atoms with van der Waals surface area (Å²) in [6.45, 7) is 18.2. The number of pyridine rings is 2. The molecule has 8 N–H and O–H groups in total. The van der Waals surface area contributed by atoms with Gasteiger partial charge in [0.05, 0.1) is 23.4 Å². The van der Waals surface area contributed by atoms with Gasteiger partial charge in [0.25, 0.3) is 5.56 Å². The third-order valence-corrected chi connectivity index (χ3v) is 10.4. The molecule has 0 spiro atoms. The fourth-order valence-electron chi connectivity index (χ4n) is 6.97. The molecule has 3 aromatic rings. The summed E-state index contributed by atoms with van der Waals surface area (Å²) in [7, 11) is 0. The van der Waals surface area contributed by atoms with E-state index in [-0.39, 0.29) is 74.7 Å². The molecule has 2 aliphatic carbocycles. The number of hydrogen-bond donors (Lipinski definition) is 5. The van der Waals surface area contributed by atoms with Gasteiger partial charge in [0.1, 0.15) is 11.4 Å². The smallest absolute Gasteiger partial charge is 0.677 e. The molecule has 1 amide bonds. The summed E-state index contributed by atoms with van der Waals surface area (Å²) in [5.41, 5.74) is 10.9. The van der Waals surface area contributed by atoms with Crippen molar-refractivity contribution in [1.29, 1.82) is 0 Å². The fourth-order valence-corrected chi connectivity index (χ4v) is 6.97. The third-order valence-electron chi connectivity index (χ3n) is 10.4. The van der Waals surface area contributed by atoms with Crippen LogP contribution in [0.5, 0.6) is 5.75 Å². The average Bonchev–Trinajstić information content (AvgIpc) is 3.57. The van der Waals surface area contributed by atoms with Crippen LogP contribution in [-0.4, -0.2) is 83.6 Å². The molecule has 17 nitrogen and oxygen atoms in total. The second-order valence-electron chi connectivity index (χ2n) is 14.9. The van der Waals surface area contributed by atoms with E-state index < -0.39 is 29.5 Å². The first kappa shape index (κ1) is 54.7. The van der Waals surface area contributed by atoms with Crippen LogP contribution in [0, 0.1) is 12.8 Å². The number of benzene rings is 1. The first-order valence-corrected chi connectivity index (χ1v) is 19.7. The standard InChI is InChI=1S/C31H33N3O6.C7H13N.C4H6O2.C2H2O4.H2O.Pt/c1-5-19-21-14-18(40-27(36)8-7-13-32-29(37)17(3)4)9-11-24(21)33-28-22(19)16-34-25(28)15-23-20(30(34)38)10-12-26(35)31(23,39)6-2;1-6-4-2-3-5-7(6)8;1-3(2)4(5)6;3-1(4)2(5)6;;/h9,11,14-15,39H,3,5-8,10,12-13,16H2,1-2,4H3,(H,32,37);6-8H,1-5H2;1H2,2H3,(H,5,6);(H,3,4)(H,5,6);1H2;/q;-2;;;;+2/t31-;;;;;/m0...../s1. The van der Waals surface area contributed by atoms with Crippen molar-refractivity contribution in [3.63, 3.8) is 0 Å². The number of nitrogens with one attached hydrogen (secondary N) is 2. The Morgan fingerprint density at radius 1 is 0.968 bits per heavy atom. The first-order valence-electron chi connectivity index (χ1n) is 19.7. The Labute approximate surface area is 374 Å². The molecule has 3 aliphatic rings. The maximum Gasteiger partial charge on any atom is 2.00 e. The van der Waals surface area contributed by atoms with E-state index in [1.54, 1.807) is 42.7 Å². The van der Waals surface area contributed by atoms with Crippen LogP contribution in [-0.2, 0) is 74.8 Å². The number of carboxylic acids is 3. The molecule has 1 aromatic carbocycles. The molecule has 2 aromatic heterocycles. The Kier molecular flexibility index (Phi) is 21.5. The van der Waals surface area contributed by atoms with Crippen LogP contribution in [0.1, 0.15) is 101 Å². The largest absolute Gasteiger partial charge is 2.00 e. The number of aryl methyl sites for hydroxylation is 1. The van der Waals surface area contributed by atoms with E-state index in [0.717, 1.165) is 22.9 Å². The van der Waals surface area contributed by atoms with Crippen LogP contribution < -0.4 is 15.6 Å². The summed E-state index contributed by atoms with van der Waals surface area (Å²) < 4.78 is 7.27. The van der Waals surface area contributed by atoms with Gasteiger partial charge in [-0.2, -0.15) is 12.0 Å². The van der Waals surface area contributed by atoms with Crippen molar-refractivity contribution in [2.24, 2.45) is 5.92 Å². The molecule has 0 radical (unpaired) electrons. The van der Waals surface area contributed by atoms with Gasteiger partial charge in [-0.25, -0.2) is 19.4 Å². The second kappa shape index (κ2) is 24.3. The normalized spacial score (nSPS) is 17.7. The van der Waals surface area contributed by atoms with Gasteiger partial charge in [-0.15, -0.1) is 0 Å². The van der Waals surface area contributed by atoms with Crippen molar-refractivity contribution in [2.45, 2.75) is 110 Å². The van der Waals surface area contributed by atoms with Crippen LogP contribution in [0.2, 0.25) is 0 Å². The molecule has 0 saturated heterocycles. The topological polar surface area (TPSA) is 295 Å². The molecule has 1 aliphatic heterocycles. The minimum Gasteiger partial charge on any atom is -0.677 e. The number of aliphatic carboxylic acids is 3. The zero-order chi connectivity index (χ0) is 45.1. The molecule has 3 atom stereocenters. The monoisotopic (exact) mass is 1040 g/mol. The Morgan fingerprint density at radius 2 is 1.58 bits per heavy atom. The third kappa shape index (κ3) is 13.6. The summed E-state index contributed by atoms with van der Waals surface area (Å²) in [6, 6.07) is 7.19. The first-order chi connectivity index (χ1) is 28.2. The minimum atomic E-state index is -1.82. The van der Waals surface area contributed by atoms with Crippen LogP contribution in [0.3, 0.4) is 0 Å². The van der Waals surface area contributed by atoms with Crippen LogP contribution in [0.4, 0.5) is 0 Å². The Bertz CT molecular complexity index is 2200. The fraction of sp³-hybridized carbons (Fsp3) is 0.432. The number of carbonyl (C=O) groups is 6. The number of carbonyl (C=O) groups excluding carboxylic acids is 3. The summed E-state index contributed by atoms with van der Waals surface area (Å²) >= 11 is 0. The van der Waals surface area contributed by atoms with E-state index in [9.17, 15) is 29.1 Å². The molecule has 1 fully saturated rings. The predicted molar refractivity (Wildman–Crippen MR) is 227 cm³/mol. The van der Waals surface area contributed by atoms with Gasteiger partial charge in [-0.1, -0.05) is 52.7 Å². The number of aromatic nitrogens is 2. The van der Waals surface area contributed by atoms with Crippen molar-refractivity contribution >= 4 is 46.5 Å². The second-order valence-corrected chi connectivity index (χ2v) is 14.9. The quantitative estimate of drug-likeness (QED) is 0.0373. The maximum atomic E-state index is 13.6. The minimum absolute atomic E-state index is 0. The number of nitrogens with zero attached hydrogens (tertiary/aromatic N) is 2. The summed E-state index contributed by atoms with van der Waals surface area (Å²) in [6.07, 6.45) is 6.71. The summed E-state index contributed by atoms with van der Waals surface area (Å²) in [5, 5.41) is 37.4. The van der Waals surface area contributed by atoms with Crippen molar-refractivity contribution in [1.82, 2.24) is 14.9 Å². The van der Waals surface area contributed by atoms with Gasteiger partial charge in [-0.3, -0.25) is 19.2 Å². The average molecular weight is 1040 g/mol. The van der Waals surface area contributed by atoms with Gasteiger partial charge < -0.3 is 53.2 Å². The van der Waals surface area contributed by atoms with E-state index in [1.807, 2.05) is 6.92 Å². The van der Waals surface area contributed by atoms with Crippen LogP contribution >= 0.6 is 0 Å². The predicted octanol–water partition coefficient (Wildman–Crippen LogP) is 4.89. The maximum absolute atomic E-state index is 13.6. The summed E-state index contributed by atoms with van der Waals surface area (Å²) in [5.74, 6) is -4.67. The Hall–Kier alpha value is -5.35. The van der Waals surface area contributed by atoms with E-state index in [2.05, 4.69) is 25.4 Å². The van der Waals surface area contributed by atoms with Gasteiger partial charge in [0, 0.05) is 52.6 Å². The van der Waals surface area contributed by atoms with Gasteiger partial charge in [0.2, 0.25) is 5.91 Å². The molecular formula is C44H56N4O13Pt. The number of Topliss-reactive ketones (excluding diaryl/α,β-unsaturated/α-hetero) is 1. The number of amides is 1. The SMILES string of the molecule is C=C(C)C(=O)NCCCC(=O)Oc1ccc2nc3c(c(CC)c2c1)Cn1c-3cc2c(c1=O)CCC(=O)[C@]2(O)CC.C=C(C)C(=O)O.O.O=C(O)C(=O)O.[CH2-]C1CCCCC1[NH-].[Pt+2]. The van der Waals surface area contributed by atoms with Crippen LogP contribution in [0.25, 0.3) is 28.0 Å². The molecular weight excluding hydrogens is 988 g/mol. The zero-order valence-corrected chi connectivity index (χ0v) is 37.6. The van der Waals surface area contributed by atoms with Gasteiger partial charge in [0.15, 0.2) is 5.78 Å². The van der Waals surface area contributed by atoms with E-state index >= 15 is 0 Å². The van der Waals surface area contributed by atoms with Crippen molar-refractivity contribution in [2.75, 3.05) is 6.54 Å². The van der Waals surface area contributed by atoms with Gasteiger partial charge >= 0.3 is 44.9 Å². The molecule has 0 bridgehead atoms. The number of aliphatic hydroxyl groups is 1. The molecule has 2 unspecified atom stereocenters. The number of ether oxygens (including phenoxy) is 1. The van der Waals surface area contributed by atoms with E-state index in [4.69, 9.17) is 40.4 Å². The van der Waals surface area contributed by atoms with Crippen molar-refractivity contribution in [3.05, 3.63) is 93.8 Å². The molecule has 3 heterocycles. The molecule has 62 heavy (non-hydrogen) atoms. The van der Waals surface area contributed by atoms with Crippen molar-refractivity contribution in [3.8, 4) is 17.1 Å². The Morgan fingerprint density at radius 3 is 2.08 bits per heavy atom. The number of rotatable bonds is 9. The summed E-state index contributed by atoms with van der Waals surface area (Å²) in [4.78, 5) is 82.9.